The van der Waals surface area contributed by atoms with E-state index in [0.29, 0.717) is 33.8 Å². The first kappa shape index (κ1) is 26.4. The predicted molar refractivity (Wildman–Crippen MR) is 158 cm³/mol. The quantitative estimate of drug-likeness (QED) is 0.227. The van der Waals surface area contributed by atoms with Crippen molar-refractivity contribution in [3.05, 3.63) is 125 Å². The van der Waals surface area contributed by atoms with Crippen LogP contribution in [0.25, 0.3) is 33.1 Å². The number of carboxylic acids is 1. The average Bonchev–Trinajstić information content (AvgIpc) is 3.50. The molecule has 1 aliphatic carbocycles. The number of para-hydroxylation sites is 1. The minimum absolute atomic E-state index is 0.128. The molecule has 2 bridgehead atoms. The average molecular weight is 592 g/mol. The molecule has 9 heteroatoms. The van der Waals surface area contributed by atoms with Gasteiger partial charge in [-0.25, -0.2) is 23.1 Å². The SMILES string of the molecule is CC12c3cc(c(F)cc3-c3ccc(F)c(F)c3)Cn3c(nc4cc(OCc5ccc6ccccc6n5)ccc43)C1[C@@H]2C(=O)O. The molecule has 3 heterocycles. The van der Waals surface area contributed by atoms with Gasteiger partial charge < -0.3 is 14.4 Å². The molecule has 218 valence electrons. The van der Waals surface area contributed by atoms with Gasteiger partial charge in [0, 0.05) is 28.3 Å². The lowest BCUT2D eigenvalue weighted by Gasteiger charge is -2.23. The lowest BCUT2D eigenvalue weighted by atomic mass is 9.84. The van der Waals surface area contributed by atoms with Gasteiger partial charge in [-0.15, -0.1) is 0 Å². The Morgan fingerprint density at radius 1 is 0.932 bits per heavy atom. The highest BCUT2D eigenvalue weighted by molar-refractivity contribution is 5.85. The number of nitrogens with zero attached hydrogens (tertiary/aromatic N) is 3. The molecular formula is C35H24F3N3O3. The van der Waals surface area contributed by atoms with Crippen LogP contribution in [0.15, 0.2) is 84.9 Å². The van der Waals surface area contributed by atoms with Crippen LogP contribution >= 0.6 is 0 Å². The highest BCUT2D eigenvalue weighted by Gasteiger charge is 2.69. The first-order chi connectivity index (χ1) is 21.2. The Balaban J connectivity index is 1.19. The summed E-state index contributed by atoms with van der Waals surface area (Å²) in [4.78, 5) is 22.1. The summed E-state index contributed by atoms with van der Waals surface area (Å²) in [5, 5.41) is 11.3. The molecule has 0 amide bonds. The van der Waals surface area contributed by atoms with Crippen LogP contribution in [0.5, 0.6) is 5.75 Å². The Morgan fingerprint density at radius 2 is 1.77 bits per heavy atom. The molecule has 6 nitrogen and oxygen atoms in total. The molecule has 1 saturated carbocycles. The summed E-state index contributed by atoms with van der Waals surface area (Å²) < 4.78 is 51.5. The maximum absolute atomic E-state index is 15.6. The van der Waals surface area contributed by atoms with Crippen LogP contribution < -0.4 is 4.74 Å². The molecule has 0 spiro atoms. The topological polar surface area (TPSA) is 77.2 Å². The van der Waals surface area contributed by atoms with Gasteiger partial charge in [-0.05, 0) is 65.2 Å². The summed E-state index contributed by atoms with van der Waals surface area (Å²) in [7, 11) is 0. The fourth-order valence-corrected chi connectivity index (χ4v) is 6.89. The van der Waals surface area contributed by atoms with Gasteiger partial charge in [-0.2, -0.15) is 0 Å². The number of benzene rings is 4. The molecule has 1 aliphatic heterocycles. The van der Waals surface area contributed by atoms with Gasteiger partial charge >= 0.3 is 5.97 Å². The minimum Gasteiger partial charge on any atom is -0.487 e. The number of carbonyl (C=O) groups is 1. The Kier molecular flexibility index (Phi) is 5.66. The van der Waals surface area contributed by atoms with Gasteiger partial charge in [0.2, 0.25) is 0 Å². The number of ether oxygens (including phenoxy) is 1. The second-order valence-corrected chi connectivity index (χ2v) is 11.7. The van der Waals surface area contributed by atoms with Crippen molar-refractivity contribution in [1.82, 2.24) is 14.5 Å². The van der Waals surface area contributed by atoms with Gasteiger partial charge in [0.25, 0.3) is 0 Å². The van der Waals surface area contributed by atoms with E-state index in [0.717, 1.165) is 34.2 Å². The van der Waals surface area contributed by atoms with E-state index in [9.17, 15) is 18.7 Å². The summed E-state index contributed by atoms with van der Waals surface area (Å²) in [5.41, 5.74) is 3.54. The zero-order chi connectivity index (χ0) is 30.3. The monoisotopic (exact) mass is 591 g/mol. The van der Waals surface area contributed by atoms with Gasteiger partial charge in [-0.3, -0.25) is 4.79 Å². The van der Waals surface area contributed by atoms with Gasteiger partial charge in [0.15, 0.2) is 11.6 Å². The number of hydrogen-bond acceptors (Lipinski definition) is 4. The van der Waals surface area contributed by atoms with Crippen LogP contribution in [0.3, 0.4) is 0 Å². The van der Waals surface area contributed by atoms with Crippen molar-refractivity contribution in [3.8, 4) is 16.9 Å². The molecule has 0 saturated heterocycles. The van der Waals surface area contributed by atoms with Crippen molar-refractivity contribution < 1.29 is 27.8 Å². The largest absolute Gasteiger partial charge is 0.487 e. The molecule has 2 aliphatic rings. The third-order valence-electron chi connectivity index (χ3n) is 9.18. The Hall–Kier alpha value is -5.18. The van der Waals surface area contributed by atoms with Crippen molar-refractivity contribution >= 4 is 27.9 Å². The van der Waals surface area contributed by atoms with Crippen LogP contribution in [-0.4, -0.2) is 25.6 Å². The van der Waals surface area contributed by atoms with Gasteiger partial charge in [0.1, 0.15) is 24.0 Å². The van der Waals surface area contributed by atoms with Crippen LogP contribution in [-0.2, 0) is 23.4 Å². The fraction of sp³-hybridized carbons (Fsp3) is 0.171. The highest BCUT2D eigenvalue weighted by Crippen LogP contribution is 2.67. The molecule has 6 aromatic rings. The van der Waals surface area contributed by atoms with Crippen molar-refractivity contribution in [3.63, 3.8) is 0 Å². The first-order valence-corrected chi connectivity index (χ1v) is 14.2. The summed E-state index contributed by atoms with van der Waals surface area (Å²) in [5.74, 6) is -3.89. The highest BCUT2D eigenvalue weighted by atomic mass is 19.2. The number of fused-ring (bicyclic) bond motifs is 9. The van der Waals surface area contributed by atoms with E-state index in [1.165, 1.54) is 12.1 Å². The van der Waals surface area contributed by atoms with Crippen LogP contribution in [0.2, 0.25) is 0 Å². The summed E-state index contributed by atoms with van der Waals surface area (Å²) in [6.07, 6.45) is 0. The molecule has 8 rings (SSSR count). The number of hydrogen-bond donors (Lipinski definition) is 1. The lowest BCUT2D eigenvalue weighted by Crippen LogP contribution is -2.17. The normalized spacial score (nSPS) is 20.1. The fourth-order valence-electron chi connectivity index (χ4n) is 6.89. The Labute approximate surface area is 249 Å². The molecule has 1 N–H and O–H groups in total. The summed E-state index contributed by atoms with van der Waals surface area (Å²) in [6.45, 7) is 2.19. The van der Waals surface area contributed by atoms with Crippen LogP contribution in [0.4, 0.5) is 13.2 Å². The number of aliphatic carboxylic acids is 1. The minimum atomic E-state index is -1.06. The Morgan fingerprint density at radius 3 is 2.59 bits per heavy atom. The van der Waals surface area contributed by atoms with Crippen LogP contribution in [0, 0.1) is 23.4 Å². The van der Waals surface area contributed by atoms with E-state index >= 15 is 4.39 Å². The number of aromatic nitrogens is 3. The van der Waals surface area contributed by atoms with E-state index in [1.54, 1.807) is 12.1 Å². The number of halogens is 3. The third kappa shape index (κ3) is 3.92. The zero-order valence-electron chi connectivity index (χ0n) is 23.4. The van der Waals surface area contributed by atoms with Gasteiger partial charge in [0.05, 0.1) is 34.7 Å². The molecule has 2 aromatic heterocycles. The molecule has 2 unspecified atom stereocenters. The van der Waals surface area contributed by atoms with E-state index in [4.69, 9.17) is 9.72 Å². The maximum atomic E-state index is 15.6. The number of pyridine rings is 1. The van der Waals surface area contributed by atoms with Crippen molar-refractivity contribution in [2.24, 2.45) is 5.92 Å². The molecule has 0 radical (unpaired) electrons. The maximum Gasteiger partial charge on any atom is 0.308 e. The smallest absolute Gasteiger partial charge is 0.308 e. The van der Waals surface area contributed by atoms with Gasteiger partial charge in [-0.1, -0.05) is 37.3 Å². The van der Waals surface area contributed by atoms with E-state index in [1.807, 2.05) is 60.0 Å². The second kappa shape index (κ2) is 9.41. The number of carboxylic acid groups (broad SMARTS) is 1. The van der Waals surface area contributed by atoms with Crippen molar-refractivity contribution in [1.29, 1.82) is 0 Å². The molecule has 3 atom stereocenters. The molecular weight excluding hydrogens is 567 g/mol. The van der Waals surface area contributed by atoms with E-state index < -0.39 is 40.7 Å². The summed E-state index contributed by atoms with van der Waals surface area (Å²) in [6, 6.07) is 23.6. The molecule has 4 aromatic carbocycles. The second-order valence-electron chi connectivity index (χ2n) is 11.7. The van der Waals surface area contributed by atoms with Crippen molar-refractivity contribution in [2.75, 3.05) is 0 Å². The number of imidazole rings is 1. The predicted octanol–water partition coefficient (Wildman–Crippen LogP) is 7.37. The Bertz CT molecular complexity index is 2180. The third-order valence-corrected chi connectivity index (χ3v) is 9.18. The lowest BCUT2D eigenvalue weighted by molar-refractivity contribution is -0.139. The molecule has 44 heavy (non-hydrogen) atoms. The summed E-state index contributed by atoms with van der Waals surface area (Å²) >= 11 is 0. The van der Waals surface area contributed by atoms with Crippen molar-refractivity contribution in [2.45, 2.75) is 31.4 Å². The standard InChI is InChI=1S/C35H24F3N3O3/c1-35-24-12-20(26(37)15-23(24)19-7-10-25(36)27(38)13-19)16-41-30-11-9-22(14-29(30)40-33(41)31(35)32(35)34(42)43)44-17-21-8-6-18-4-2-3-5-28(18)39-21/h2-15,31-32H,16-17H2,1H3,(H,42,43)/t31?,32-,35?/m1/s1. The zero-order valence-corrected chi connectivity index (χ0v) is 23.4. The van der Waals surface area contributed by atoms with Crippen LogP contribution in [0.1, 0.15) is 35.5 Å². The molecule has 1 fully saturated rings. The van der Waals surface area contributed by atoms with E-state index in [-0.39, 0.29) is 18.7 Å². The van der Waals surface area contributed by atoms with E-state index in [2.05, 4.69) is 4.98 Å². The number of rotatable bonds is 5. The first-order valence-electron chi connectivity index (χ1n) is 14.2.